The molecule has 4 rings (SSSR count). The van der Waals surface area contributed by atoms with Gasteiger partial charge >= 0.3 is 5.97 Å². The number of nitrogens with zero attached hydrogens (tertiary/aromatic N) is 1. The van der Waals surface area contributed by atoms with Crippen LogP contribution in [0.3, 0.4) is 0 Å². The molecule has 0 radical (unpaired) electrons. The minimum absolute atomic E-state index is 0.0506. The Morgan fingerprint density at radius 2 is 1.45 bits per heavy atom. The molecule has 0 aromatic carbocycles. The molecule has 1 aromatic rings. The molecule has 308 valence electrons. The summed E-state index contributed by atoms with van der Waals surface area (Å²) in [5.41, 5.74) is 3.42. The molecule has 3 aliphatic rings. The van der Waals surface area contributed by atoms with Gasteiger partial charge in [-0.25, -0.2) is 19.6 Å². The highest BCUT2D eigenvalue weighted by molar-refractivity contribution is 7.99. The van der Waals surface area contributed by atoms with E-state index in [4.69, 9.17) is 24.1 Å². The highest BCUT2D eigenvalue weighted by Crippen LogP contribution is 2.38. The number of allylic oxidation sites excluding steroid dienone is 1. The van der Waals surface area contributed by atoms with Crippen LogP contribution in [-0.4, -0.2) is 77.6 Å². The summed E-state index contributed by atoms with van der Waals surface area (Å²) in [5.74, 6) is 2.49. The number of esters is 1. The van der Waals surface area contributed by atoms with Crippen LogP contribution in [0.2, 0.25) is 0 Å². The van der Waals surface area contributed by atoms with Gasteiger partial charge in [0, 0.05) is 25.1 Å². The molecule has 13 nitrogen and oxygen atoms in total. The van der Waals surface area contributed by atoms with Gasteiger partial charge in [-0.3, -0.25) is 14.1 Å². The van der Waals surface area contributed by atoms with E-state index in [1.807, 2.05) is 13.0 Å². The number of nitrogens with one attached hydrogen (secondary N) is 3. The summed E-state index contributed by atoms with van der Waals surface area (Å²) < 4.78 is 37.6. The maximum Gasteiger partial charge on any atom is 0.342 e. The number of anilines is 1. The second-order valence-electron chi connectivity index (χ2n) is 16.3. The van der Waals surface area contributed by atoms with Crippen molar-refractivity contribution in [3.63, 3.8) is 0 Å². The Morgan fingerprint density at radius 1 is 0.891 bits per heavy atom. The van der Waals surface area contributed by atoms with Gasteiger partial charge in [0.25, 0.3) is 10.1 Å². The number of ether oxygens (including phenoxy) is 1. The number of aliphatic imine (C=N–C) groups is 1. The van der Waals surface area contributed by atoms with E-state index in [1.54, 1.807) is 11.8 Å². The number of H-pyrrole nitrogens is 1. The largest absolute Gasteiger partial charge is 0.458 e. The predicted octanol–water partition coefficient (Wildman–Crippen LogP) is 7.37. The molecule has 4 atom stereocenters. The van der Waals surface area contributed by atoms with Crippen molar-refractivity contribution in [2.24, 2.45) is 40.5 Å². The molecule has 2 heterocycles. The molecule has 1 aliphatic heterocycles. The predicted molar refractivity (Wildman–Crippen MR) is 217 cm³/mol. The zero-order valence-corrected chi connectivity index (χ0v) is 35.6. The van der Waals surface area contributed by atoms with E-state index in [1.165, 1.54) is 13.8 Å². The molecule has 4 unspecified atom stereocenters. The van der Waals surface area contributed by atoms with Crippen LogP contribution in [0, 0.1) is 35.5 Å². The molecule has 4 N–H and O–H groups in total. The van der Waals surface area contributed by atoms with Gasteiger partial charge in [0.2, 0.25) is 11.8 Å². The quantitative estimate of drug-likeness (QED) is 0.0432. The highest BCUT2D eigenvalue weighted by atomic mass is 32.2. The van der Waals surface area contributed by atoms with E-state index >= 15 is 0 Å². The number of aromatic amines is 1. The van der Waals surface area contributed by atoms with Gasteiger partial charge in [0.15, 0.2) is 0 Å². The Balaban J connectivity index is 1.67. The van der Waals surface area contributed by atoms with Crippen LogP contribution in [-0.2, 0) is 40.6 Å². The lowest BCUT2D eigenvalue weighted by molar-refractivity contribution is -0.340. The van der Waals surface area contributed by atoms with Crippen molar-refractivity contribution in [2.45, 2.75) is 119 Å². The van der Waals surface area contributed by atoms with Crippen molar-refractivity contribution in [1.82, 2.24) is 10.3 Å². The number of rotatable bonds is 16. The highest BCUT2D eigenvalue weighted by Gasteiger charge is 2.37. The molecule has 0 bridgehead atoms. The maximum absolute atomic E-state index is 14.2. The standard InChI is InChI=1S/C40H62N4O9S2/c1-22-16-24(3)36(25(4)17-22)52-40(47)35-31(12-10-13-54-14-11-15-55(48,49)50)34(44-39(35)42-30(9)46)20-33-28(7)32(38(43-33)41-29(8)45)21-51-53-37-26(5)18-23(2)19-27(37)6/h20,22-27,36-37,44H,10-19,21H2,1-9H3,(H,42,46)(H,41,43,45)(H,48,49,50). The third kappa shape index (κ3) is 12.8. The Labute approximate surface area is 331 Å². The molecule has 2 aliphatic carbocycles. The number of amidine groups is 1. The first-order chi connectivity index (χ1) is 25.8. The molecule has 2 saturated carbocycles. The van der Waals surface area contributed by atoms with Crippen LogP contribution in [0.4, 0.5) is 5.82 Å². The monoisotopic (exact) mass is 806 g/mol. The van der Waals surface area contributed by atoms with Crippen LogP contribution in [0.5, 0.6) is 0 Å². The van der Waals surface area contributed by atoms with Gasteiger partial charge in [-0.15, -0.1) is 0 Å². The van der Waals surface area contributed by atoms with E-state index in [0.717, 1.165) is 31.3 Å². The Bertz CT molecular complexity index is 1730. The summed E-state index contributed by atoms with van der Waals surface area (Å²) in [7, 11) is -4.02. The molecular weight excluding hydrogens is 745 g/mol. The third-order valence-electron chi connectivity index (χ3n) is 10.9. The molecule has 2 amide bonds. The van der Waals surface area contributed by atoms with Crippen LogP contribution in [0.15, 0.2) is 21.8 Å². The van der Waals surface area contributed by atoms with Crippen LogP contribution in [0.25, 0.3) is 6.08 Å². The topological polar surface area (TPSA) is 185 Å². The normalized spacial score (nSPS) is 28.0. The van der Waals surface area contributed by atoms with Gasteiger partial charge in [0.05, 0.1) is 17.6 Å². The van der Waals surface area contributed by atoms with E-state index < -0.39 is 16.1 Å². The van der Waals surface area contributed by atoms with Crippen molar-refractivity contribution in [3.8, 4) is 0 Å². The minimum Gasteiger partial charge on any atom is -0.458 e. The van der Waals surface area contributed by atoms with Crippen molar-refractivity contribution in [2.75, 3.05) is 29.2 Å². The summed E-state index contributed by atoms with van der Waals surface area (Å²) in [6, 6.07) is 0. The molecule has 2 fully saturated rings. The summed E-state index contributed by atoms with van der Waals surface area (Å²) in [4.78, 5) is 58.9. The van der Waals surface area contributed by atoms with Gasteiger partial charge in [0.1, 0.15) is 29.9 Å². The average molecular weight is 807 g/mol. The van der Waals surface area contributed by atoms with Gasteiger partial charge in [-0.2, -0.15) is 20.2 Å². The van der Waals surface area contributed by atoms with Crippen molar-refractivity contribution < 1.29 is 41.9 Å². The number of carbonyl (C=O) groups is 3. The fraction of sp³-hybridized carbons (Fsp3) is 0.700. The smallest absolute Gasteiger partial charge is 0.342 e. The molecule has 1 aromatic heterocycles. The first-order valence-electron chi connectivity index (χ1n) is 19.7. The number of thioether (sulfide) groups is 1. The van der Waals surface area contributed by atoms with Gasteiger partial charge in [-0.1, -0.05) is 41.5 Å². The number of hydrogen-bond acceptors (Lipinski definition) is 10. The van der Waals surface area contributed by atoms with Crippen molar-refractivity contribution >= 4 is 57.4 Å². The zero-order valence-electron chi connectivity index (χ0n) is 34.0. The van der Waals surface area contributed by atoms with Gasteiger partial charge in [-0.05, 0) is 116 Å². The molecule has 55 heavy (non-hydrogen) atoms. The van der Waals surface area contributed by atoms with Crippen molar-refractivity contribution in [1.29, 1.82) is 0 Å². The van der Waals surface area contributed by atoms with E-state index in [9.17, 15) is 22.8 Å². The van der Waals surface area contributed by atoms with Crippen molar-refractivity contribution in [3.05, 3.63) is 33.7 Å². The van der Waals surface area contributed by atoms with Crippen LogP contribution in [0.1, 0.15) is 122 Å². The zero-order chi connectivity index (χ0) is 40.6. The number of carbonyl (C=O) groups excluding carboxylic acids is 3. The lowest BCUT2D eigenvalue weighted by Crippen LogP contribution is -2.37. The molecule has 0 saturated heterocycles. The first kappa shape index (κ1) is 44.7. The minimum atomic E-state index is -4.02. The average Bonchev–Trinajstić information content (AvgIpc) is 3.53. The van der Waals surface area contributed by atoms with E-state index in [0.29, 0.717) is 82.8 Å². The summed E-state index contributed by atoms with van der Waals surface area (Å²) in [6.07, 6.45) is 6.87. The second-order valence-corrected chi connectivity index (χ2v) is 19.1. The molecular formula is C40H62N4O9S2. The van der Waals surface area contributed by atoms with Crippen LogP contribution < -0.4 is 10.6 Å². The summed E-state index contributed by atoms with van der Waals surface area (Å²) in [6.45, 7) is 17.8. The van der Waals surface area contributed by atoms with E-state index in [2.05, 4.69) is 57.2 Å². The Morgan fingerprint density at radius 3 is 2.02 bits per heavy atom. The lowest BCUT2D eigenvalue weighted by atomic mass is 9.75. The third-order valence-corrected chi connectivity index (χ3v) is 12.9. The van der Waals surface area contributed by atoms with Crippen LogP contribution >= 0.6 is 11.8 Å². The summed E-state index contributed by atoms with van der Waals surface area (Å²) in [5, 5.41) is 5.64. The maximum atomic E-state index is 14.2. The molecule has 0 spiro atoms. The fourth-order valence-electron chi connectivity index (χ4n) is 8.73. The first-order valence-corrected chi connectivity index (χ1v) is 22.4. The lowest BCUT2D eigenvalue weighted by Gasteiger charge is -2.37. The number of aromatic nitrogens is 1. The number of hydrogen-bond donors (Lipinski definition) is 4. The van der Waals surface area contributed by atoms with Gasteiger partial charge < -0.3 is 20.4 Å². The fourth-order valence-corrected chi connectivity index (χ4v) is 10.3. The Hall–Kier alpha value is -2.98. The molecule has 15 heteroatoms. The SMILES string of the molecule is CC(=O)NC1=NC(=Cc2[nH]c(NC(C)=O)c(C(=O)OC3C(C)CC(C)CC3C)c2CCCSCCCS(=O)(=O)O)C(C)=C1COOC1C(C)CC(C)CC1C. The number of amides is 2. The Kier molecular flexibility index (Phi) is 16.2. The summed E-state index contributed by atoms with van der Waals surface area (Å²) >= 11 is 1.56. The van der Waals surface area contributed by atoms with E-state index in [-0.39, 0.29) is 59.6 Å². The second kappa shape index (κ2) is 19.9.